The van der Waals surface area contributed by atoms with Gasteiger partial charge >= 0.3 is 0 Å². The Kier molecular flexibility index (Phi) is 6.04. The van der Waals surface area contributed by atoms with Crippen LogP contribution in [-0.2, 0) is 9.53 Å². The first kappa shape index (κ1) is 17.2. The second kappa shape index (κ2) is 8.44. The summed E-state index contributed by atoms with van der Waals surface area (Å²) in [6.45, 7) is 5.85. The van der Waals surface area contributed by atoms with Crippen LogP contribution in [0.1, 0.15) is 31.4 Å². The first-order valence-electron chi connectivity index (χ1n) is 9.00. The second-order valence-corrected chi connectivity index (χ2v) is 6.80. The van der Waals surface area contributed by atoms with Gasteiger partial charge in [0.25, 0.3) is 0 Å². The zero-order chi connectivity index (χ0) is 16.8. The molecular weight excluding hydrogens is 304 g/mol. The molecule has 0 saturated carbocycles. The SMILES string of the molecule is Cc1cccc(NC2CCN(CC(=O)NC[C@H]3CCCO3)CC2)n1. The average Bonchev–Trinajstić information content (AvgIpc) is 3.08. The molecule has 0 spiro atoms. The standard InChI is InChI=1S/C18H28N4O2/c1-14-4-2-6-17(20-14)21-15-7-9-22(10-8-15)13-18(23)19-12-16-5-3-11-24-16/h2,4,6,15-16H,3,5,7-13H2,1H3,(H,19,23)(H,20,21)/t16-/m1/s1. The molecule has 2 N–H and O–H groups in total. The number of anilines is 1. The summed E-state index contributed by atoms with van der Waals surface area (Å²) in [5.41, 5.74) is 1.03. The van der Waals surface area contributed by atoms with Crippen molar-refractivity contribution in [2.75, 3.05) is 38.1 Å². The molecule has 0 bridgehead atoms. The number of pyridine rings is 1. The molecule has 6 heteroatoms. The third-order valence-electron chi connectivity index (χ3n) is 4.75. The predicted molar refractivity (Wildman–Crippen MR) is 94.0 cm³/mol. The van der Waals surface area contributed by atoms with Gasteiger partial charge in [0.05, 0.1) is 12.6 Å². The lowest BCUT2D eigenvalue weighted by atomic mass is 10.1. The summed E-state index contributed by atoms with van der Waals surface area (Å²) >= 11 is 0. The highest BCUT2D eigenvalue weighted by atomic mass is 16.5. The molecule has 2 aliphatic heterocycles. The molecule has 0 radical (unpaired) electrons. The van der Waals surface area contributed by atoms with Gasteiger partial charge in [0.1, 0.15) is 5.82 Å². The zero-order valence-electron chi connectivity index (χ0n) is 14.5. The summed E-state index contributed by atoms with van der Waals surface area (Å²) < 4.78 is 5.53. The van der Waals surface area contributed by atoms with Gasteiger partial charge in [0, 0.05) is 38.0 Å². The minimum absolute atomic E-state index is 0.109. The first-order valence-corrected chi connectivity index (χ1v) is 9.00. The molecule has 1 atom stereocenters. The van der Waals surface area contributed by atoms with E-state index in [0.29, 0.717) is 19.1 Å². The van der Waals surface area contributed by atoms with Gasteiger partial charge in [-0.1, -0.05) is 6.07 Å². The molecule has 2 saturated heterocycles. The second-order valence-electron chi connectivity index (χ2n) is 6.80. The monoisotopic (exact) mass is 332 g/mol. The van der Waals surface area contributed by atoms with Crippen LogP contribution in [0.3, 0.4) is 0 Å². The summed E-state index contributed by atoms with van der Waals surface area (Å²) in [4.78, 5) is 18.8. The number of nitrogens with zero attached hydrogens (tertiary/aromatic N) is 2. The van der Waals surface area contributed by atoms with Crippen LogP contribution >= 0.6 is 0 Å². The van der Waals surface area contributed by atoms with Crippen molar-refractivity contribution in [1.82, 2.24) is 15.2 Å². The fourth-order valence-electron chi connectivity index (χ4n) is 3.36. The van der Waals surface area contributed by atoms with E-state index in [2.05, 4.69) is 20.5 Å². The largest absolute Gasteiger partial charge is 0.376 e. The van der Waals surface area contributed by atoms with E-state index in [9.17, 15) is 4.79 Å². The van der Waals surface area contributed by atoms with E-state index in [1.54, 1.807) is 0 Å². The number of amides is 1. The number of rotatable bonds is 6. The van der Waals surface area contributed by atoms with Gasteiger partial charge in [-0.2, -0.15) is 0 Å². The lowest BCUT2D eigenvalue weighted by Crippen LogP contribution is -2.45. The Morgan fingerprint density at radius 3 is 2.88 bits per heavy atom. The number of nitrogens with one attached hydrogen (secondary N) is 2. The van der Waals surface area contributed by atoms with Gasteiger partial charge in [0.2, 0.25) is 5.91 Å². The third kappa shape index (κ3) is 5.18. The summed E-state index contributed by atoms with van der Waals surface area (Å²) in [6, 6.07) is 6.48. The van der Waals surface area contributed by atoms with E-state index in [0.717, 1.165) is 56.9 Å². The average molecular weight is 332 g/mol. The van der Waals surface area contributed by atoms with Gasteiger partial charge in [-0.15, -0.1) is 0 Å². The summed E-state index contributed by atoms with van der Waals surface area (Å²) in [5, 5.41) is 6.50. The molecule has 0 aromatic carbocycles. The number of ether oxygens (including phenoxy) is 1. The lowest BCUT2D eigenvalue weighted by molar-refractivity contribution is -0.123. The Morgan fingerprint density at radius 2 is 2.17 bits per heavy atom. The topological polar surface area (TPSA) is 66.5 Å². The van der Waals surface area contributed by atoms with E-state index >= 15 is 0 Å². The predicted octanol–water partition coefficient (Wildman–Crippen LogP) is 1.56. The molecule has 1 aromatic rings. The maximum Gasteiger partial charge on any atom is 0.234 e. The highest BCUT2D eigenvalue weighted by Gasteiger charge is 2.22. The van der Waals surface area contributed by atoms with E-state index in [-0.39, 0.29) is 12.0 Å². The van der Waals surface area contributed by atoms with Gasteiger partial charge in [-0.05, 0) is 44.7 Å². The summed E-state index contributed by atoms with van der Waals surface area (Å²) in [6.07, 6.45) is 4.45. The zero-order valence-corrected chi connectivity index (χ0v) is 14.5. The van der Waals surface area contributed by atoms with E-state index in [1.165, 1.54) is 0 Å². The first-order chi connectivity index (χ1) is 11.7. The Balaban J connectivity index is 1.34. The minimum Gasteiger partial charge on any atom is -0.376 e. The normalized spacial score (nSPS) is 22.5. The Morgan fingerprint density at radius 1 is 1.33 bits per heavy atom. The molecule has 2 fully saturated rings. The maximum absolute atomic E-state index is 12.0. The summed E-state index contributed by atoms with van der Waals surface area (Å²) in [7, 11) is 0. The number of hydrogen-bond donors (Lipinski definition) is 2. The van der Waals surface area contributed by atoms with Crippen molar-refractivity contribution in [3.63, 3.8) is 0 Å². The van der Waals surface area contributed by atoms with Crippen LogP contribution in [-0.4, -0.2) is 60.7 Å². The molecule has 1 amide bonds. The third-order valence-corrected chi connectivity index (χ3v) is 4.75. The van der Waals surface area contributed by atoms with Crippen molar-refractivity contribution in [1.29, 1.82) is 0 Å². The number of carbonyl (C=O) groups is 1. The van der Waals surface area contributed by atoms with Crippen LogP contribution in [0.15, 0.2) is 18.2 Å². The Labute approximate surface area is 144 Å². The molecule has 0 aliphatic carbocycles. The van der Waals surface area contributed by atoms with Crippen molar-refractivity contribution < 1.29 is 9.53 Å². The van der Waals surface area contributed by atoms with Gasteiger partial charge in [-0.3, -0.25) is 9.69 Å². The Bertz CT molecular complexity index is 538. The van der Waals surface area contributed by atoms with Crippen molar-refractivity contribution in [2.24, 2.45) is 0 Å². The van der Waals surface area contributed by atoms with Crippen molar-refractivity contribution >= 4 is 11.7 Å². The summed E-state index contributed by atoms with van der Waals surface area (Å²) in [5.74, 6) is 1.06. The molecule has 2 aliphatic rings. The van der Waals surface area contributed by atoms with Crippen LogP contribution in [0.25, 0.3) is 0 Å². The molecule has 24 heavy (non-hydrogen) atoms. The number of carbonyl (C=O) groups excluding carboxylic acids is 1. The van der Waals surface area contributed by atoms with E-state index in [1.807, 2.05) is 25.1 Å². The maximum atomic E-state index is 12.0. The van der Waals surface area contributed by atoms with E-state index in [4.69, 9.17) is 4.74 Å². The lowest BCUT2D eigenvalue weighted by Gasteiger charge is -2.32. The number of aryl methyl sites for hydroxylation is 1. The van der Waals surface area contributed by atoms with Gasteiger partial charge < -0.3 is 15.4 Å². The van der Waals surface area contributed by atoms with Crippen LogP contribution in [0.4, 0.5) is 5.82 Å². The van der Waals surface area contributed by atoms with Crippen molar-refractivity contribution in [2.45, 2.75) is 44.8 Å². The van der Waals surface area contributed by atoms with Gasteiger partial charge in [-0.25, -0.2) is 4.98 Å². The van der Waals surface area contributed by atoms with Crippen molar-refractivity contribution in [3.05, 3.63) is 23.9 Å². The minimum atomic E-state index is 0.109. The van der Waals surface area contributed by atoms with Crippen molar-refractivity contribution in [3.8, 4) is 0 Å². The van der Waals surface area contributed by atoms with Gasteiger partial charge in [0.15, 0.2) is 0 Å². The molecule has 6 nitrogen and oxygen atoms in total. The molecular formula is C18H28N4O2. The fourth-order valence-corrected chi connectivity index (χ4v) is 3.36. The number of likely N-dealkylation sites (tertiary alicyclic amines) is 1. The quantitative estimate of drug-likeness (QED) is 0.828. The number of piperidine rings is 1. The molecule has 3 heterocycles. The highest BCUT2D eigenvalue weighted by molar-refractivity contribution is 5.78. The number of hydrogen-bond acceptors (Lipinski definition) is 5. The highest BCUT2D eigenvalue weighted by Crippen LogP contribution is 2.15. The van der Waals surface area contributed by atoms with Crippen LogP contribution in [0.2, 0.25) is 0 Å². The van der Waals surface area contributed by atoms with E-state index < -0.39 is 0 Å². The van der Waals surface area contributed by atoms with Crippen LogP contribution in [0.5, 0.6) is 0 Å². The number of aromatic nitrogens is 1. The molecule has 1 aromatic heterocycles. The fraction of sp³-hybridized carbons (Fsp3) is 0.667. The molecule has 132 valence electrons. The molecule has 0 unspecified atom stereocenters. The Hall–Kier alpha value is -1.66. The molecule has 3 rings (SSSR count). The van der Waals surface area contributed by atoms with Crippen LogP contribution in [0, 0.1) is 6.92 Å². The smallest absolute Gasteiger partial charge is 0.234 e. The van der Waals surface area contributed by atoms with Crippen LogP contribution < -0.4 is 10.6 Å².